The lowest BCUT2D eigenvalue weighted by Gasteiger charge is -2.18. The van der Waals surface area contributed by atoms with Crippen molar-refractivity contribution >= 4 is 23.0 Å². The van der Waals surface area contributed by atoms with Gasteiger partial charge < -0.3 is 14.8 Å². The number of halogens is 4. The zero-order valence-electron chi connectivity index (χ0n) is 18.0. The number of nitrogens with one attached hydrogen (secondary N) is 1. The molecule has 12 heteroatoms. The van der Waals surface area contributed by atoms with Crippen LogP contribution in [0, 0.1) is 5.92 Å². The molecular formula is C22H21F4N5O3. The monoisotopic (exact) mass is 479 g/mol. The van der Waals surface area contributed by atoms with Gasteiger partial charge in [-0.2, -0.15) is 13.2 Å². The summed E-state index contributed by atoms with van der Waals surface area (Å²) in [7, 11) is 0. The Morgan fingerprint density at radius 3 is 2.65 bits per heavy atom. The lowest BCUT2D eigenvalue weighted by Crippen LogP contribution is -2.29. The molecule has 3 heterocycles. The standard InChI is InChI=1S/C22H21F4N5O3/c1-11(12-7-8-12)28-17-16-18(30-21(29-17)22(24,25)26)31(10-27-16)19-15(23)14(9-33-19)34-20(32)13-5-3-2-4-6-13/h2-6,10-12,14-15,19H,7-9H2,1H3,(H,28,29,30)/t11?,14-,15+,19-/m1/s1. The number of fused-ring (bicyclic) bond motifs is 1. The molecule has 1 aromatic carbocycles. The van der Waals surface area contributed by atoms with Gasteiger partial charge in [-0.3, -0.25) is 4.57 Å². The van der Waals surface area contributed by atoms with Gasteiger partial charge in [0.1, 0.15) is 0 Å². The molecule has 8 nitrogen and oxygen atoms in total. The minimum Gasteiger partial charge on any atom is -0.453 e. The smallest absolute Gasteiger partial charge is 0.451 e. The maximum Gasteiger partial charge on any atom is 0.451 e. The van der Waals surface area contributed by atoms with Crippen molar-refractivity contribution in [3.63, 3.8) is 0 Å². The highest BCUT2D eigenvalue weighted by Crippen LogP contribution is 2.37. The molecule has 2 aromatic heterocycles. The third-order valence-electron chi connectivity index (χ3n) is 5.97. The van der Waals surface area contributed by atoms with Gasteiger partial charge in [-0.05, 0) is 37.8 Å². The van der Waals surface area contributed by atoms with E-state index in [0.29, 0.717) is 5.92 Å². The number of anilines is 1. The highest BCUT2D eigenvalue weighted by atomic mass is 19.4. The number of carbonyl (C=O) groups excluding carboxylic acids is 1. The molecule has 2 aliphatic rings. The Balaban J connectivity index is 1.43. The number of rotatable bonds is 6. The SMILES string of the molecule is CC(Nc1nc(C(F)(F)F)nc2c1ncn2[C@@H]1OC[C@@H](OC(=O)c2ccccc2)[C@@H]1F)C1CC1. The highest BCUT2D eigenvalue weighted by Gasteiger charge is 2.43. The van der Waals surface area contributed by atoms with Crippen LogP contribution in [0.3, 0.4) is 0 Å². The first-order valence-electron chi connectivity index (χ1n) is 10.8. The van der Waals surface area contributed by atoms with Gasteiger partial charge in [0.05, 0.1) is 18.5 Å². The Labute approximate surface area is 191 Å². The molecule has 3 aromatic rings. The molecule has 180 valence electrons. The van der Waals surface area contributed by atoms with Gasteiger partial charge in [-0.15, -0.1) is 0 Å². The first-order valence-corrected chi connectivity index (χ1v) is 10.8. The topological polar surface area (TPSA) is 91.2 Å². The molecule has 0 spiro atoms. The first-order chi connectivity index (χ1) is 16.2. The van der Waals surface area contributed by atoms with Crippen molar-refractivity contribution < 1.29 is 31.8 Å². The Bertz CT molecular complexity index is 1200. The maximum absolute atomic E-state index is 15.2. The van der Waals surface area contributed by atoms with E-state index in [-0.39, 0.29) is 35.2 Å². The Hall–Kier alpha value is -3.28. The molecule has 0 radical (unpaired) electrons. The van der Waals surface area contributed by atoms with E-state index in [1.165, 1.54) is 12.1 Å². The number of aromatic nitrogens is 4. The van der Waals surface area contributed by atoms with Gasteiger partial charge in [-0.1, -0.05) is 18.2 Å². The van der Waals surface area contributed by atoms with Crippen LogP contribution in [0.25, 0.3) is 11.2 Å². The van der Waals surface area contributed by atoms with Crippen molar-refractivity contribution in [2.75, 3.05) is 11.9 Å². The second-order valence-electron chi connectivity index (χ2n) is 8.47. The summed E-state index contributed by atoms with van der Waals surface area (Å²) in [6, 6.07) is 7.95. The van der Waals surface area contributed by atoms with Crippen molar-refractivity contribution in [3.05, 3.63) is 48.0 Å². The second-order valence-corrected chi connectivity index (χ2v) is 8.47. The largest absolute Gasteiger partial charge is 0.453 e. The summed E-state index contributed by atoms with van der Waals surface area (Å²) in [4.78, 5) is 23.7. The van der Waals surface area contributed by atoms with Crippen LogP contribution < -0.4 is 5.32 Å². The molecular weight excluding hydrogens is 458 g/mol. The third kappa shape index (κ3) is 4.29. The number of alkyl halides is 4. The van der Waals surface area contributed by atoms with Gasteiger partial charge in [0.2, 0.25) is 5.82 Å². The lowest BCUT2D eigenvalue weighted by atomic mass is 10.2. The van der Waals surface area contributed by atoms with Crippen LogP contribution >= 0.6 is 0 Å². The van der Waals surface area contributed by atoms with Crippen LogP contribution in [0.5, 0.6) is 0 Å². The molecule has 1 unspecified atom stereocenters. The quantitative estimate of drug-likeness (QED) is 0.420. The van der Waals surface area contributed by atoms with Crippen LogP contribution in [0.2, 0.25) is 0 Å². The van der Waals surface area contributed by atoms with E-state index in [2.05, 4.69) is 20.3 Å². The number of nitrogens with zero attached hydrogens (tertiary/aromatic N) is 4. The zero-order valence-corrected chi connectivity index (χ0v) is 18.0. The average Bonchev–Trinajstić information content (AvgIpc) is 3.49. The molecule has 1 aliphatic heterocycles. The minimum atomic E-state index is -4.82. The molecule has 1 saturated heterocycles. The number of esters is 1. The van der Waals surface area contributed by atoms with Gasteiger partial charge in [-0.25, -0.2) is 24.1 Å². The lowest BCUT2D eigenvalue weighted by molar-refractivity contribution is -0.144. The second kappa shape index (κ2) is 8.49. The Morgan fingerprint density at radius 2 is 1.97 bits per heavy atom. The normalized spacial score (nSPS) is 23.7. The molecule has 0 bridgehead atoms. The minimum absolute atomic E-state index is 0.0704. The van der Waals surface area contributed by atoms with E-state index < -0.39 is 36.5 Å². The number of hydrogen-bond acceptors (Lipinski definition) is 7. The highest BCUT2D eigenvalue weighted by molar-refractivity contribution is 5.89. The molecule has 1 saturated carbocycles. The third-order valence-corrected chi connectivity index (χ3v) is 5.97. The van der Waals surface area contributed by atoms with Gasteiger partial charge in [0.25, 0.3) is 0 Å². The zero-order chi connectivity index (χ0) is 24.0. The molecule has 4 atom stereocenters. The van der Waals surface area contributed by atoms with E-state index in [9.17, 15) is 18.0 Å². The fraction of sp³-hybridized carbons (Fsp3) is 0.455. The number of ether oxygens (including phenoxy) is 2. The van der Waals surface area contributed by atoms with Crippen LogP contribution in [0.4, 0.5) is 23.4 Å². The van der Waals surface area contributed by atoms with Crippen LogP contribution in [-0.4, -0.2) is 50.4 Å². The summed E-state index contributed by atoms with van der Waals surface area (Å²) in [6.45, 7) is 1.59. The van der Waals surface area contributed by atoms with Crippen molar-refractivity contribution in [2.24, 2.45) is 5.92 Å². The Morgan fingerprint density at radius 1 is 1.24 bits per heavy atom. The average molecular weight is 479 g/mol. The summed E-state index contributed by atoms with van der Waals surface area (Å²) in [6.07, 6.45) is -6.17. The van der Waals surface area contributed by atoms with E-state index in [1.54, 1.807) is 18.2 Å². The van der Waals surface area contributed by atoms with E-state index in [1.807, 2.05) is 6.92 Å². The molecule has 5 rings (SSSR count). The van der Waals surface area contributed by atoms with Crippen LogP contribution in [0.1, 0.15) is 42.2 Å². The van der Waals surface area contributed by atoms with Crippen LogP contribution in [0.15, 0.2) is 36.7 Å². The molecule has 2 fully saturated rings. The van der Waals surface area contributed by atoms with E-state index >= 15 is 4.39 Å². The first kappa shape index (κ1) is 22.5. The van der Waals surface area contributed by atoms with Crippen molar-refractivity contribution in [1.29, 1.82) is 0 Å². The predicted molar refractivity (Wildman–Crippen MR) is 112 cm³/mol. The molecule has 0 amide bonds. The maximum atomic E-state index is 15.2. The number of carbonyl (C=O) groups is 1. The summed E-state index contributed by atoms with van der Waals surface area (Å²) in [5, 5.41) is 3.00. The fourth-order valence-corrected chi connectivity index (χ4v) is 3.93. The number of hydrogen-bond donors (Lipinski definition) is 1. The molecule has 1 aliphatic carbocycles. The van der Waals surface area contributed by atoms with E-state index in [4.69, 9.17) is 9.47 Å². The summed E-state index contributed by atoms with van der Waals surface area (Å²) >= 11 is 0. The predicted octanol–water partition coefficient (Wildman–Crippen LogP) is 4.15. The van der Waals surface area contributed by atoms with E-state index in [0.717, 1.165) is 23.7 Å². The summed E-state index contributed by atoms with van der Waals surface area (Å²) in [5.74, 6) is -1.83. The molecule has 34 heavy (non-hydrogen) atoms. The van der Waals surface area contributed by atoms with Gasteiger partial charge in [0, 0.05) is 6.04 Å². The van der Waals surface area contributed by atoms with Gasteiger partial charge >= 0.3 is 12.1 Å². The summed E-state index contributed by atoms with van der Waals surface area (Å²) in [5.41, 5.74) is 0.0887. The van der Waals surface area contributed by atoms with Crippen molar-refractivity contribution in [1.82, 2.24) is 19.5 Å². The number of benzene rings is 1. The number of imidazole rings is 1. The van der Waals surface area contributed by atoms with Crippen molar-refractivity contribution in [3.8, 4) is 0 Å². The van der Waals surface area contributed by atoms with Gasteiger partial charge in [0.15, 0.2) is 35.5 Å². The van der Waals surface area contributed by atoms with Crippen molar-refractivity contribution in [2.45, 2.75) is 50.5 Å². The molecule has 1 N–H and O–H groups in total. The fourth-order valence-electron chi connectivity index (χ4n) is 3.93. The Kier molecular flexibility index (Phi) is 5.62. The van der Waals surface area contributed by atoms with Crippen LogP contribution in [-0.2, 0) is 15.7 Å². The summed E-state index contributed by atoms with van der Waals surface area (Å²) < 4.78 is 67.6.